The highest BCUT2D eigenvalue weighted by Crippen LogP contribution is 2.06. The minimum atomic E-state index is -0.0387. The summed E-state index contributed by atoms with van der Waals surface area (Å²) >= 11 is 0. The van der Waals surface area contributed by atoms with Gasteiger partial charge >= 0.3 is 0 Å². The molecule has 0 radical (unpaired) electrons. The molecule has 0 aliphatic rings. The molecule has 1 aromatic rings. The maximum Gasteiger partial charge on any atom is 0.253 e. The van der Waals surface area contributed by atoms with E-state index >= 15 is 0 Å². The molecule has 16 heavy (non-hydrogen) atoms. The minimum absolute atomic E-state index is 0.0387. The Morgan fingerprint density at radius 1 is 1.62 bits per heavy atom. The lowest BCUT2D eigenvalue weighted by molar-refractivity contribution is 0.0767. The van der Waals surface area contributed by atoms with Gasteiger partial charge in [0.05, 0.1) is 12.5 Å². The Morgan fingerprint density at radius 3 is 2.94 bits per heavy atom. The van der Waals surface area contributed by atoms with Gasteiger partial charge in [-0.15, -0.1) is 0 Å². The second kappa shape index (κ2) is 5.86. The quantitative estimate of drug-likeness (QED) is 0.772. The second-order valence-electron chi connectivity index (χ2n) is 3.48. The predicted octanol–water partition coefficient (Wildman–Crippen LogP) is 1.77. The van der Waals surface area contributed by atoms with Gasteiger partial charge in [-0.25, -0.2) is 0 Å². The first-order valence-corrected chi connectivity index (χ1v) is 5.28. The molecule has 4 nitrogen and oxygen atoms in total. The third kappa shape index (κ3) is 3.06. The third-order valence-corrected chi connectivity index (χ3v) is 2.31. The van der Waals surface area contributed by atoms with Gasteiger partial charge in [0, 0.05) is 30.5 Å². The Morgan fingerprint density at radius 2 is 2.38 bits per heavy atom. The molecule has 1 rings (SSSR count). The zero-order chi connectivity index (χ0) is 12.0. The van der Waals surface area contributed by atoms with Crippen molar-refractivity contribution in [3.63, 3.8) is 0 Å². The molecule has 1 aromatic heterocycles. The number of pyridine rings is 1. The topological polar surface area (TPSA) is 57.0 Å². The van der Waals surface area contributed by atoms with E-state index in [0.29, 0.717) is 25.1 Å². The monoisotopic (exact) mass is 217 g/mol. The van der Waals surface area contributed by atoms with Crippen molar-refractivity contribution in [3.05, 3.63) is 29.6 Å². The van der Waals surface area contributed by atoms with Gasteiger partial charge in [0.25, 0.3) is 5.91 Å². The first kappa shape index (κ1) is 12.2. The molecule has 1 amide bonds. The van der Waals surface area contributed by atoms with Gasteiger partial charge in [0.2, 0.25) is 0 Å². The highest BCUT2D eigenvalue weighted by Gasteiger charge is 2.13. The molecule has 0 aliphatic carbocycles. The van der Waals surface area contributed by atoms with Crippen LogP contribution in [0.2, 0.25) is 0 Å². The number of hydrogen-bond donors (Lipinski definition) is 0. The van der Waals surface area contributed by atoms with E-state index in [1.807, 2.05) is 19.9 Å². The molecule has 0 aromatic carbocycles. The summed E-state index contributed by atoms with van der Waals surface area (Å²) in [7, 11) is 0. The lowest BCUT2D eigenvalue weighted by Crippen LogP contribution is -2.31. The summed E-state index contributed by atoms with van der Waals surface area (Å²) in [5.74, 6) is -0.0387. The number of carbonyl (C=O) groups excluding carboxylic acids is 1. The number of carbonyl (C=O) groups is 1. The van der Waals surface area contributed by atoms with Gasteiger partial charge in [-0.2, -0.15) is 5.26 Å². The van der Waals surface area contributed by atoms with E-state index in [4.69, 9.17) is 5.26 Å². The standard InChI is InChI=1S/C12H15N3O/c1-3-15(8-4-6-13)12(16)11-5-7-14-10(2)9-11/h5,7,9H,3-4,8H2,1-2H3. The van der Waals surface area contributed by atoms with Crippen molar-refractivity contribution in [2.45, 2.75) is 20.3 Å². The second-order valence-corrected chi connectivity index (χ2v) is 3.48. The van der Waals surface area contributed by atoms with Crippen molar-refractivity contribution in [2.75, 3.05) is 13.1 Å². The average Bonchev–Trinajstić information content (AvgIpc) is 2.29. The molecule has 0 spiro atoms. The summed E-state index contributed by atoms with van der Waals surface area (Å²) in [6.45, 7) is 4.85. The lowest BCUT2D eigenvalue weighted by Gasteiger charge is -2.19. The summed E-state index contributed by atoms with van der Waals surface area (Å²) in [5.41, 5.74) is 1.45. The highest BCUT2D eigenvalue weighted by atomic mass is 16.2. The molecule has 4 heteroatoms. The average molecular weight is 217 g/mol. The zero-order valence-electron chi connectivity index (χ0n) is 9.60. The van der Waals surface area contributed by atoms with E-state index in [1.165, 1.54) is 0 Å². The fourth-order valence-electron chi connectivity index (χ4n) is 1.45. The maximum absolute atomic E-state index is 12.0. The van der Waals surface area contributed by atoms with Crippen LogP contribution in [0.1, 0.15) is 29.4 Å². The van der Waals surface area contributed by atoms with Crippen molar-refractivity contribution in [3.8, 4) is 6.07 Å². The molecule has 0 unspecified atom stereocenters. The number of hydrogen-bond acceptors (Lipinski definition) is 3. The van der Waals surface area contributed by atoms with Crippen LogP contribution in [0.25, 0.3) is 0 Å². The van der Waals surface area contributed by atoms with Gasteiger partial charge in [-0.05, 0) is 26.0 Å². The smallest absolute Gasteiger partial charge is 0.253 e. The highest BCUT2D eigenvalue weighted by molar-refractivity contribution is 5.94. The summed E-state index contributed by atoms with van der Waals surface area (Å²) in [6.07, 6.45) is 1.99. The van der Waals surface area contributed by atoms with Crippen molar-refractivity contribution in [2.24, 2.45) is 0 Å². The number of aromatic nitrogens is 1. The molecular formula is C12H15N3O. The molecule has 0 fully saturated rings. The van der Waals surface area contributed by atoms with E-state index in [9.17, 15) is 4.79 Å². The molecule has 1 heterocycles. The Labute approximate surface area is 95.5 Å². The van der Waals surface area contributed by atoms with Crippen LogP contribution in [0.5, 0.6) is 0 Å². The summed E-state index contributed by atoms with van der Waals surface area (Å²) in [4.78, 5) is 17.7. The lowest BCUT2D eigenvalue weighted by atomic mass is 10.2. The maximum atomic E-state index is 12.0. The third-order valence-electron chi connectivity index (χ3n) is 2.31. The van der Waals surface area contributed by atoms with Crippen LogP contribution in [0.15, 0.2) is 18.3 Å². The van der Waals surface area contributed by atoms with E-state index in [2.05, 4.69) is 4.98 Å². The minimum Gasteiger partial charge on any atom is -0.338 e. The molecule has 0 saturated carbocycles. The van der Waals surface area contributed by atoms with Crippen molar-refractivity contribution >= 4 is 5.91 Å². The van der Waals surface area contributed by atoms with Crippen LogP contribution in [-0.4, -0.2) is 28.9 Å². The van der Waals surface area contributed by atoms with E-state index in [0.717, 1.165) is 5.69 Å². The molecule has 0 aliphatic heterocycles. The van der Waals surface area contributed by atoms with Crippen LogP contribution in [0.4, 0.5) is 0 Å². The fraction of sp³-hybridized carbons (Fsp3) is 0.417. The molecular weight excluding hydrogens is 202 g/mol. The van der Waals surface area contributed by atoms with Gasteiger partial charge in [-0.1, -0.05) is 0 Å². The number of rotatable bonds is 4. The zero-order valence-corrected chi connectivity index (χ0v) is 9.60. The summed E-state index contributed by atoms with van der Waals surface area (Å²) in [5, 5.41) is 8.51. The van der Waals surface area contributed by atoms with Gasteiger partial charge in [-0.3, -0.25) is 9.78 Å². The van der Waals surface area contributed by atoms with Crippen molar-refractivity contribution in [1.29, 1.82) is 5.26 Å². The first-order chi connectivity index (χ1) is 7.69. The Hall–Kier alpha value is -1.89. The van der Waals surface area contributed by atoms with E-state index < -0.39 is 0 Å². The molecule has 0 saturated heterocycles. The summed E-state index contributed by atoms with van der Waals surface area (Å²) in [6, 6.07) is 5.50. The molecule has 0 N–H and O–H groups in total. The van der Waals surface area contributed by atoms with Crippen LogP contribution in [-0.2, 0) is 0 Å². The van der Waals surface area contributed by atoms with Gasteiger partial charge in [0.1, 0.15) is 0 Å². The van der Waals surface area contributed by atoms with Gasteiger partial charge in [0.15, 0.2) is 0 Å². The largest absolute Gasteiger partial charge is 0.338 e. The van der Waals surface area contributed by atoms with E-state index in [-0.39, 0.29) is 5.91 Å². The first-order valence-electron chi connectivity index (χ1n) is 5.28. The van der Waals surface area contributed by atoms with Crippen LogP contribution in [0.3, 0.4) is 0 Å². The van der Waals surface area contributed by atoms with Crippen molar-refractivity contribution in [1.82, 2.24) is 9.88 Å². The Kier molecular flexibility index (Phi) is 4.46. The molecule has 0 bridgehead atoms. The normalized spacial score (nSPS) is 9.56. The predicted molar refractivity (Wildman–Crippen MR) is 60.8 cm³/mol. The number of nitriles is 1. The summed E-state index contributed by atoms with van der Waals surface area (Å²) < 4.78 is 0. The van der Waals surface area contributed by atoms with Crippen LogP contribution < -0.4 is 0 Å². The van der Waals surface area contributed by atoms with Crippen LogP contribution in [0, 0.1) is 18.3 Å². The molecule has 0 atom stereocenters. The Bertz CT molecular complexity index is 409. The van der Waals surface area contributed by atoms with Crippen LogP contribution >= 0.6 is 0 Å². The SMILES string of the molecule is CCN(CCC#N)C(=O)c1ccnc(C)c1. The van der Waals surface area contributed by atoms with Gasteiger partial charge < -0.3 is 4.90 Å². The number of nitrogens with zero attached hydrogens (tertiary/aromatic N) is 3. The number of aryl methyl sites for hydroxylation is 1. The number of amides is 1. The van der Waals surface area contributed by atoms with E-state index in [1.54, 1.807) is 23.2 Å². The molecule has 84 valence electrons. The Balaban J connectivity index is 2.79. The van der Waals surface area contributed by atoms with Crippen molar-refractivity contribution < 1.29 is 4.79 Å². The fourth-order valence-corrected chi connectivity index (χ4v) is 1.45.